The van der Waals surface area contributed by atoms with Crippen LogP contribution in [0.5, 0.6) is 5.75 Å². The molecular formula is C19H19ClN2O3S. The zero-order valence-electron chi connectivity index (χ0n) is 14.9. The number of carbonyl (C=O) groups is 1. The topological polar surface area (TPSA) is 60.3 Å². The van der Waals surface area contributed by atoms with Gasteiger partial charge in [0.2, 0.25) is 0 Å². The SMILES string of the molecule is Cc1cc(O[C@H](C)C(=O)Nc2ccc3c(c2)sc(=O)n3C)cc(C)c1Cl. The van der Waals surface area contributed by atoms with Crippen molar-refractivity contribution in [1.29, 1.82) is 0 Å². The lowest BCUT2D eigenvalue weighted by Crippen LogP contribution is -2.30. The molecule has 0 unspecified atom stereocenters. The average Bonchev–Trinajstić information content (AvgIpc) is 2.86. The first kappa shape index (κ1) is 18.5. The van der Waals surface area contributed by atoms with Gasteiger partial charge in [0.15, 0.2) is 6.10 Å². The van der Waals surface area contributed by atoms with Crippen molar-refractivity contribution in [3.63, 3.8) is 0 Å². The Morgan fingerprint density at radius 3 is 2.54 bits per heavy atom. The van der Waals surface area contributed by atoms with Crippen LogP contribution in [0.1, 0.15) is 18.1 Å². The molecule has 1 aromatic heterocycles. The Hall–Kier alpha value is -2.31. The largest absolute Gasteiger partial charge is 0.481 e. The van der Waals surface area contributed by atoms with E-state index in [0.29, 0.717) is 16.5 Å². The molecule has 26 heavy (non-hydrogen) atoms. The number of carbonyl (C=O) groups excluding carboxylic acids is 1. The van der Waals surface area contributed by atoms with Crippen molar-refractivity contribution in [2.24, 2.45) is 7.05 Å². The number of rotatable bonds is 4. The second kappa shape index (κ2) is 7.13. The van der Waals surface area contributed by atoms with Crippen LogP contribution in [0, 0.1) is 13.8 Å². The molecule has 0 bridgehead atoms. The highest BCUT2D eigenvalue weighted by Gasteiger charge is 2.16. The fourth-order valence-electron chi connectivity index (χ4n) is 2.69. The minimum absolute atomic E-state index is 0.0337. The Morgan fingerprint density at radius 2 is 1.88 bits per heavy atom. The molecule has 136 valence electrons. The van der Waals surface area contributed by atoms with Crippen LogP contribution in [0.15, 0.2) is 35.1 Å². The Bertz CT molecular complexity index is 1030. The minimum Gasteiger partial charge on any atom is -0.481 e. The summed E-state index contributed by atoms with van der Waals surface area (Å²) in [6.45, 7) is 5.48. The second-order valence-corrected chi connectivity index (χ2v) is 7.60. The smallest absolute Gasteiger partial charge is 0.307 e. The van der Waals surface area contributed by atoms with Crippen molar-refractivity contribution in [2.45, 2.75) is 26.9 Å². The van der Waals surface area contributed by atoms with Crippen molar-refractivity contribution in [2.75, 3.05) is 5.32 Å². The van der Waals surface area contributed by atoms with Crippen LogP contribution in [-0.2, 0) is 11.8 Å². The van der Waals surface area contributed by atoms with Gasteiger partial charge in [0.25, 0.3) is 5.91 Å². The van der Waals surface area contributed by atoms with Crippen molar-refractivity contribution in [3.05, 3.63) is 56.1 Å². The molecule has 3 aromatic rings. The van der Waals surface area contributed by atoms with Crippen molar-refractivity contribution < 1.29 is 9.53 Å². The lowest BCUT2D eigenvalue weighted by atomic mass is 10.1. The summed E-state index contributed by atoms with van der Waals surface area (Å²) < 4.78 is 8.17. The molecule has 5 nitrogen and oxygen atoms in total. The van der Waals surface area contributed by atoms with E-state index in [1.807, 2.05) is 32.0 Å². The van der Waals surface area contributed by atoms with Gasteiger partial charge in [0.1, 0.15) is 5.75 Å². The lowest BCUT2D eigenvalue weighted by molar-refractivity contribution is -0.122. The number of fused-ring (bicyclic) bond motifs is 1. The number of amides is 1. The van der Waals surface area contributed by atoms with Crippen LogP contribution >= 0.6 is 22.9 Å². The molecule has 1 heterocycles. The maximum atomic E-state index is 12.4. The molecule has 0 aliphatic carbocycles. The number of ether oxygens (including phenoxy) is 1. The highest BCUT2D eigenvalue weighted by Crippen LogP contribution is 2.27. The van der Waals surface area contributed by atoms with Crippen molar-refractivity contribution in [3.8, 4) is 5.75 Å². The maximum absolute atomic E-state index is 12.4. The molecule has 0 aliphatic heterocycles. The fraction of sp³-hybridized carbons (Fsp3) is 0.263. The van der Waals surface area contributed by atoms with Crippen LogP contribution < -0.4 is 14.9 Å². The summed E-state index contributed by atoms with van der Waals surface area (Å²) >= 11 is 7.31. The molecular weight excluding hydrogens is 372 g/mol. The average molecular weight is 391 g/mol. The summed E-state index contributed by atoms with van der Waals surface area (Å²) in [5.41, 5.74) is 3.27. The van der Waals surface area contributed by atoms with Gasteiger partial charge in [-0.2, -0.15) is 0 Å². The zero-order valence-corrected chi connectivity index (χ0v) is 16.5. The number of benzene rings is 2. The highest BCUT2D eigenvalue weighted by atomic mass is 35.5. The van der Waals surface area contributed by atoms with Crippen LogP contribution in [-0.4, -0.2) is 16.6 Å². The number of aromatic nitrogens is 1. The Morgan fingerprint density at radius 1 is 1.23 bits per heavy atom. The minimum atomic E-state index is -0.680. The number of hydrogen-bond donors (Lipinski definition) is 1. The van der Waals surface area contributed by atoms with E-state index in [4.69, 9.17) is 16.3 Å². The number of aryl methyl sites for hydroxylation is 3. The molecule has 0 saturated heterocycles. The van der Waals surface area contributed by atoms with Crippen LogP contribution in [0.4, 0.5) is 5.69 Å². The monoisotopic (exact) mass is 390 g/mol. The van der Waals surface area contributed by atoms with E-state index in [9.17, 15) is 9.59 Å². The standard InChI is InChI=1S/C19H19ClN2O3S/c1-10-7-14(8-11(2)17(10)20)25-12(3)18(23)21-13-5-6-15-16(9-13)26-19(24)22(15)4/h5-9,12H,1-4H3,(H,21,23)/t12-/m1/s1. The van der Waals surface area contributed by atoms with E-state index < -0.39 is 6.10 Å². The van der Waals surface area contributed by atoms with Gasteiger partial charge >= 0.3 is 4.87 Å². The molecule has 0 radical (unpaired) electrons. The quantitative estimate of drug-likeness (QED) is 0.723. The molecule has 1 atom stereocenters. The van der Waals surface area contributed by atoms with Gasteiger partial charge in [-0.25, -0.2) is 0 Å². The van der Waals surface area contributed by atoms with Gasteiger partial charge in [-0.15, -0.1) is 0 Å². The number of nitrogens with one attached hydrogen (secondary N) is 1. The first-order valence-electron chi connectivity index (χ1n) is 8.10. The summed E-state index contributed by atoms with van der Waals surface area (Å²) in [7, 11) is 1.73. The third-order valence-corrected chi connectivity index (χ3v) is 5.74. The van der Waals surface area contributed by atoms with Gasteiger partial charge in [-0.1, -0.05) is 22.9 Å². The molecule has 1 N–H and O–H groups in total. The number of halogens is 1. The molecule has 3 rings (SSSR count). The highest BCUT2D eigenvalue weighted by molar-refractivity contribution is 7.16. The Balaban J connectivity index is 1.74. The van der Waals surface area contributed by atoms with E-state index in [-0.39, 0.29) is 10.8 Å². The molecule has 0 fully saturated rings. The van der Waals surface area contributed by atoms with Gasteiger partial charge in [0.05, 0.1) is 10.2 Å². The molecule has 7 heteroatoms. The summed E-state index contributed by atoms with van der Waals surface area (Å²) in [4.78, 5) is 24.1. The van der Waals surface area contributed by atoms with Crippen LogP contribution in [0.25, 0.3) is 10.2 Å². The molecule has 0 aliphatic rings. The van der Waals surface area contributed by atoms with Gasteiger partial charge in [-0.05, 0) is 62.2 Å². The van der Waals surface area contributed by atoms with E-state index in [1.54, 1.807) is 30.7 Å². The zero-order chi connectivity index (χ0) is 19.0. The molecule has 2 aromatic carbocycles. The predicted molar refractivity (Wildman–Crippen MR) is 107 cm³/mol. The molecule has 0 saturated carbocycles. The number of hydrogen-bond acceptors (Lipinski definition) is 4. The second-order valence-electron chi connectivity index (χ2n) is 6.23. The fourth-order valence-corrected chi connectivity index (χ4v) is 3.72. The molecule has 0 spiro atoms. The first-order valence-corrected chi connectivity index (χ1v) is 9.29. The molecule has 1 amide bonds. The van der Waals surface area contributed by atoms with Gasteiger partial charge < -0.3 is 14.6 Å². The summed E-state index contributed by atoms with van der Waals surface area (Å²) in [5.74, 6) is 0.335. The van der Waals surface area contributed by atoms with Gasteiger partial charge in [0, 0.05) is 17.8 Å². The van der Waals surface area contributed by atoms with Crippen molar-refractivity contribution in [1.82, 2.24) is 4.57 Å². The Labute approximate surface area is 160 Å². The lowest BCUT2D eigenvalue weighted by Gasteiger charge is -2.16. The normalized spacial score (nSPS) is 12.2. The number of nitrogens with zero attached hydrogens (tertiary/aromatic N) is 1. The number of anilines is 1. The van der Waals surface area contributed by atoms with E-state index in [2.05, 4.69) is 5.32 Å². The first-order chi connectivity index (χ1) is 12.3. The van der Waals surface area contributed by atoms with Crippen LogP contribution in [0.2, 0.25) is 5.02 Å². The maximum Gasteiger partial charge on any atom is 0.307 e. The van der Waals surface area contributed by atoms with Crippen LogP contribution in [0.3, 0.4) is 0 Å². The van der Waals surface area contributed by atoms with Gasteiger partial charge in [-0.3, -0.25) is 9.59 Å². The van der Waals surface area contributed by atoms with E-state index in [1.165, 1.54) is 0 Å². The van der Waals surface area contributed by atoms with E-state index in [0.717, 1.165) is 32.7 Å². The summed E-state index contributed by atoms with van der Waals surface area (Å²) in [6, 6.07) is 9.01. The Kier molecular flexibility index (Phi) is 5.07. The third-order valence-electron chi connectivity index (χ3n) is 4.15. The predicted octanol–water partition coefficient (Wildman–Crippen LogP) is 4.28. The van der Waals surface area contributed by atoms with Crippen molar-refractivity contribution >= 4 is 44.7 Å². The summed E-state index contributed by atoms with van der Waals surface area (Å²) in [5, 5.41) is 3.53. The van der Waals surface area contributed by atoms with E-state index >= 15 is 0 Å². The third kappa shape index (κ3) is 3.61. The number of thiazole rings is 1. The summed E-state index contributed by atoms with van der Waals surface area (Å²) in [6.07, 6.45) is -0.680.